The molecule has 1 aromatic heterocycles. The van der Waals surface area contributed by atoms with Gasteiger partial charge in [0, 0.05) is 12.1 Å². The van der Waals surface area contributed by atoms with E-state index in [1.807, 2.05) is 0 Å². The standard InChI is InChI=1S/C16H14F3N3O2/c17-10-5-3-9(4-6-10)11-8-12(14(18)19)21-16(20-11)22-7-1-2-13(22)15(23)24/h3-6,8,13-14H,1-2,7H2,(H,23,24). The summed E-state index contributed by atoms with van der Waals surface area (Å²) >= 11 is 0. The van der Waals surface area contributed by atoms with Crippen molar-refractivity contribution in [1.29, 1.82) is 0 Å². The Morgan fingerprint density at radius 2 is 1.96 bits per heavy atom. The first-order chi connectivity index (χ1) is 11.5. The summed E-state index contributed by atoms with van der Waals surface area (Å²) in [5.41, 5.74) is 0.162. The van der Waals surface area contributed by atoms with Crippen LogP contribution in [0.5, 0.6) is 0 Å². The number of anilines is 1. The van der Waals surface area contributed by atoms with Crippen LogP contribution in [0.2, 0.25) is 0 Å². The minimum Gasteiger partial charge on any atom is -0.480 e. The van der Waals surface area contributed by atoms with E-state index in [-0.39, 0.29) is 11.6 Å². The summed E-state index contributed by atoms with van der Waals surface area (Å²) in [6, 6.07) is 5.56. The zero-order chi connectivity index (χ0) is 17.3. The third-order valence-corrected chi connectivity index (χ3v) is 3.89. The Kier molecular flexibility index (Phi) is 4.37. The summed E-state index contributed by atoms with van der Waals surface area (Å²) in [5, 5.41) is 9.25. The molecule has 0 bridgehead atoms. The van der Waals surface area contributed by atoms with Crippen molar-refractivity contribution in [3.63, 3.8) is 0 Å². The average molecular weight is 337 g/mol. The van der Waals surface area contributed by atoms with Gasteiger partial charge in [-0.15, -0.1) is 0 Å². The minimum atomic E-state index is -2.82. The number of alkyl halides is 2. The van der Waals surface area contributed by atoms with Crippen LogP contribution in [0, 0.1) is 5.82 Å². The number of aliphatic carboxylic acids is 1. The first kappa shape index (κ1) is 16.2. The number of nitrogens with zero attached hydrogens (tertiary/aromatic N) is 3. The molecule has 5 nitrogen and oxygen atoms in total. The molecule has 0 saturated carbocycles. The van der Waals surface area contributed by atoms with Crippen LogP contribution in [0.15, 0.2) is 30.3 Å². The topological polar surface area (TPSA) is 66.3 Å². The van der Waals surface area contributed by atoms with Gasteiger partial charge in [-0.25, -0.2) is 27.9 Å². The fourth-order valence-corrected chi connectivity index (χ4v) is 2.72. The maximum atomic E-state index is 13.2. The lowest BCUT2D eigenvalue weighted by molar-refractivity contribution is -0.138. The molecule has 0 radical (unpaired) electrons. The van der Waals surface area contributed by atoms with Gasteiger partial charge in [-0.3, -0.25) is 0 Å². The minimum absolute atomic E-state index is 0.0444. The van der Waals surface area contributed by atoms with Crippen molar-refractivity contribution in [1.82, 2.24) is 9.97 Å². The van der Waals surface area contributed by atoms with Crippen molar-refractivity contribution >= 4 is 11.9 Å². The van der Waals surface area contributed by atoms with Crippen LogP contribution in [0.1, 0.15) is 25.0 Å². The monoisotopic (exact) mass is 337 g/mol. The number of hydrogen-bond acceptors (Lipinski definition) is 4. The molecule has 2 heterocycles. The molecular weight excluding hydrogens is 323 g/mol. The number of carbonyl (C=O) groups is 1. The normalized spacial score (nSPS) is 17.5. The molecule has 1 unspecified atom stereocenters. The van der Waals surface area contributed by atoms with Crippen molar-refractivity contribution < 1.29 is 23.1 Å². The molecule has 1 aliphatic rings. The van der Waals surface area contributed by atoms with E-state index in [0.29, 0.717) is 24.9 Å². The summed E-state index contributed by atoms with van der Waals surface area (Å²) < 4.78 is 39.4. The van der Waals surface area contributed by atoms with E-state index in [4.69, 9.17) is 0 Å². The van der Waals surface area contributed by atoms with E-state index in [2.05, 4.69) is 9.97 Å². The average Bonchev–Trinajstić information content (AvgIpc) is 3.05. The number of rotatable bonds is 4. The molecule has 8 heteroatoms. The second-order valence-electron chi connectivity index (χ2n) is 5.48. The number of benzene rings is 1. The summed E-state index contributed by atoms with van der Waals surface area (Å²) in [6.07, 6.45) is -1.80. The number of halogens is 3. The van der Waals surface area contributed by atoms with E-state index in [9.17, 15) is 23.1 Å². The number of hydrogen-bond donors (Lipinski definition) is 1. The van der Waals surface area contributed by atoms with Crippen LogP contribution in [0.25, 0.3) is 11.3 Å². The second-order valence-corrected chi connectivity index (χ2v) is 5.48. The van der Waals surface area contributed by atoms with Crippen molar-refractivity contribution in [2.24, 2.45) is 0 Å². The molecule has 1 fully saturated rings. The first-order valence-corrected chi connectivity index (χ1v) is 7.38. The number of carboxylic acids is 1. The fourth-order valence-electron chi connectivity index (χ4n) is 2.72. The molecule has 1 N–H and O–H groups in total. The SMILES string of the molecule is O=C(O)C1CCCN1c1nc(-c2ccc(F)cc2)cc(C(F)F)n1. The van der Waals surface area contributed by atoms with Crippen molar-refractivity contribution in [2.45, 2.75) is 25.3 Å². The van der Waals surface area contributed by atoms with E-state index in [0.717, 1.165) is 6.07 Å². The lowest BCUT2D eigenvalue weighted by Gasteiger charge is -2.22. The van der Waals surface area contributed by atoms with Gasteiger partial charge in [0.15, 0.2) is 0 Å². The molecule has 0 spiro atoms. The lowest BCUT2D eigenvalue weighted by Crippen LogP contribution is -2.37. The molecule has 1 aliphatic heterocycles. The molecule has 126 valence electrons. The van der Waals surface area contributed by atoms with Gasteiger partial charge in [-0.1, -0.05) is 0 Å². The predicted octanol–water partition coefficient (Wildman–Crippen LogP) is 3.27. The Labute approximate surface area is 135 Å². The van der Waals surface area contributed by atoms with E-state index in [1.54, 1.807) is 0 Å². The Morgan fingerprint density at radius 1 is 1.25 bits per heavy atom. The van der Waals surface area contributed by atoms with Gasteiger partial charge in [0.1, 0.15) is 17.6 Å². The quantitative estimate of drug-likeness (QED) is 0.927. The summed E-state index contributed by atoms with van der Waals surface area (Å²) in [7, 11) is 0. The van der Waals surface area contributed by atoms with Gasteiger partial charge in [0.25, 0.3) is 6.43 Å². The van der Waals surface area contributed by atoms with Crippen molar-refractivity contribution in [3.8, 4) is 11.3 Å². The smallest absolute Gasteiger partial charge is 0.326 e. The maximum Gasteiger partial charge on any atom is 0.326 e. The van der Waals surface area contributed by atoms with Gasteiger partial charge in [-0.05, 0) is 43.2 Å². The summed E-state index contributed by atoms with van der Waals surface area (Å²) in [5.74, 6) is -1.54. The fraction of sp³-hybridized carbons (Fsp3) is 0.312. The maximum absolute atomic E-state index is 13.2. The summed E-state index contributed by atoms with van der Waals surface area (Å²) in [4.78, 5) is 20.8. The third-order valence-electron chi connectivity index (χ3n) is 3.89. The first-order valence-electron chi connectivity index (χ1n) is 7.38. The van der Waals surface area contributed by atoms with Gasteiger partial charge in [-0.2, -0.15) is 0 Å². The van der Waals surface area contributed by atoms with Gasteiger partial charge in [0.05, 0.1) is 5.69 Å². The zero-order valence-electron chi connectivity index (χ0n) is 12.5. The van der Waals surface area contributed by atoms with Crippen LogP contribution < -0.4 is 4.90 Å². The van der Waals surface area contributed by atoms with Gasteiger partial charge < -0.3 is 10.0 Å². The lowest BCUT2D eigenvalue weighted by atomic mass is 10.1. The Balaban J connectivity index is 2.06. The Morgan fingerprint density at radius 3 is 2.58 bits per heavy atom. The Bertz CT molecular complexity index is 753. The molecule has 1 aromatic carbocycles. The molecular formula is C16H14F3N3O2. The van der Waals surface area contributed by atoms with Gasteiger partial charge in [0.2, 0.25) is 5.95 Å². The van der Waals surface area contributed by atoms with Crippen LogP contribution in [0.3, 0.4) is 0 Å². The van der Waals surface area contributed by atoms with Crippen molar-refractivity contribution in [2.75, 3.05) is 11.4 Å². The van der Waals surface area contributed by atoms with Crippen molar-refractivity contribution in [3.05, 3.63) is 41.8 Å². The highest BCUT2D eigenvalue weighted by atomic mass is 19.3. The zero-order valence-corrected chi connectivity index (χ0v) is 12.5. The second kappa shape index (κ2) is 6.46. The molecule has 1 saturated heterocycles. The predicted molar refractivity (Wildman–Crippen MR) is 80.4 cm³/mol. The van der Waals surface area contributed by atoms with E-state index in [1.165, 1.54) is 29.2 Å². The molecule has 1 atom stereocenters. The van der Waals surface area contributed by atoms with E-state index < -0.39 is 29.9 Å². The molecule has 0 amide bonds. The molecule has 3 rings (SSSR count). The van der Waals surface area contributed by atoms with Gasteiger partial charge >= 0.3 is 5.97 Å². The highest BCUT2D eigenvalue weighted by molar-refractivity contribution is 5.78. The summed E-state index contributed by atoms with van der Waals surface area (Å²) in [6.45, 7) is 0.381. The highest BCUT2D eigenvalue weighted by Gasteiger charge is 2.33. The number of aromatic nitrogens is 2. The number of carboxylic acid groups (broad SMARTS) is 1. The van der Waals surface area contributed by atoms with E-state index >= 15 is 0 Å². The van der Waals surface area contributed by atoms with Crippen LogP contribution in [-0.2, 0) is 4.79 Å². The molecule has 24 heavy (non-hydrogen) atoms. The largest absolute Gasteiger partial charge is 0.480 e. The molecule has 0 aliphatic carbocycles. The highest BCUT2D eigenvalue weighted by Crippen LogP contribution is 2.29. The van der Waals surface area contributed by atoms with Crippen LogP contribution in [0.4, 0.5) is 19.1 Å². The molecule has 2 aromatic rings. The Hall–Kier alpha value is -2.64. The van der Waals surface area contributed by atoms with Crippen LogP contribution in [-0.4, -0.2) is 33.6 Å². The van der Waals surface area contributed by atoms with Crippen LogP contribution >= 0.6 is 0 Å². The third kappa shape index (κ3) is 3.17.